The van der Waals surface area contributed by atoms with Crippen molar-refractivity contribution in [1.29, 1.82) is 0 Å². The predicted molar refractivity (Wildman–Crippen MR) is 219 cm³/mol. The highest BCUT2D eigenvalue weighted by Gasteiger charge is 2.31. The molecule has 308 valence electrons. The van der Waals surface area contributed by atoms with Gasteiger partial charge in [0.25, 0.3) is 17.4 Å². The molecule has 18 nitrogen and oxygen atoms in total. The van der Waals surface area contributed by atoms with Crippen molar-refractivity contribution in [3.8, 4) is 5.82 Å². The van der Waals surface area contributed by atoms with Gasteiger partial charge in [0.05, 0.1) is 23.1 Å². The Kier molecular flexibility index (Phi) is 12.9. The SMILES string of the molecule is CNc1cc(Nc2cccn(-c3ccc(C(=O)NCCCCc4ccc(N(C)C5CCC(=O)NC5=O)c(N(C)C=O)c4)cn3)c2=O)nc2c(C(=O)NCC(C)F)cnn12. The Balaban J connectivity index is 1.05. The molecule has 0 aliphatic carbocycles. The summed E-state index contributed by atoms with van der Waals surface area (Å²) in [5.74, 6) is -0.534. The zero-order valence-corrected chi connectivity index (χ0v) is 33.0. The van der Waals surface area contributed by atoms with Crippen LogP contribution in [0.2, 0.25) is 0 Å². The summed E-state index contributed by atoms with van der Waals surface area (Å²) < 4.78 is 16.1. The zero-order valence-electron chi connectivity index (χ0n) is 33.0. The van der Waals surface area contributed by atoms with Gasteiger partial charge in [-0.05, 0) is 74.6 Å². The van der Waals surface area contributed by atoms with Gasteiger partial charge in [0.2, 0.25) is 18.2 Å². The number of alkyl halides is 1. The minimum absolute atomic E-state index is 0.129. The van der Waals surface area contributed by atoms with Gasteiger partial charge in [0.1, 0.15) is 40.9 Å². The molecule has 5 N–H and O–H groups in total. The number of pyridine rings is 2. The topological polar surface area (TPSA) is 217 Å². The highest BCUT2D eigenvalue weighted by atomic mass is 19.1. The Bertz CT molecular complexity index is 2430. The molecule has 2 unspecified atom stereocenters. The summed E-state index contributed by atoms with van der Waals surface area (Å²) in [6.07, 6.45) is 6.45. The number of aryl methyl sites for hydroxylation is 1. The number of unbranched alkanes of at least 4 members (excludes halogenated alkanes) is 1. The molecule has 59 heavy (non-hydrogen) atoms. The van der Waals surface area contributed by atoms with E-state index in [4.69, 9.17) is 0 Å². The van der Waals surface area contributed by atoms with Crippen LogP contribution in [0.15, 0.2) is 71.9 Å². The number of fused-ring (bicyclic) bond motifs is 1. The number of benzene rings is 1. The molecule has 5 heterocycles. The predicted octanol–water partition coefficient (Wildman–Crippen LogP) is 2.74. The number of imide groups is 1. The van der Waals surface area contributed by atoms with Gasteiger partial charge < -0.3 is 31.1 Å². The van der Waals surface area contributed by atoms with E-state index in [-0.39, 0.29) is 59.2 Å². The second-order valence-corrected chi connectivity index (χ2v) is 14.0. The molecule has 0 saturated carbocycles. The van der Waals surface area contributed by atoms with Crippen LogP contribution < -0.4 is 41.9 Å². The zero-order chi connectivity index (χ0) is 42.2. The average molecular weight is 809 g/mol. The van der Waals surface area contributed by atoms with Crippen molar-refractivity contribution in [1.82, 2.24) is 40.1 Å². The van der Waals surface area contributed by atoms with E-state index in [9.17, 15) is 33.2 Å². The number of nitrogens with one attached hydrogen (secondary N) is 5. The first kappa shape index (κ1) is 41.5. The van der Waals surface area contributed by atoms with Crippen molar-refractivity contribution in [2.24, 2.45) is 0 Å². The van der Waals surface area contributed by atoms with Crippen LogP contribution in [0.4, 0.5) is 33.1 Å². The molecular weight excluding hydrogens is 764 g/mol. The monoisotopic (exact) mass is 808 g/mol. The van der Waals surface area contributed by atoms with Gasteiger partial charge in [-0.1, -0.05) is 6.07 Å². The Morgan fingerprint density at radius 2 is 1.85 bits per heavy atom. The van der Waals surface area contributed by atoms with Crippen molar-refractivity contribution in [3.05, 3.63) is 94.2 Å². The van der Waals surface area contributed by atoms with Crippen LogP contribution in [-0.2, 0) is 20.8 Å². The van der Waals surface area contributed by atoms with Crippen molar-refractivity contribution in [3.63, 3.8) is 0 Å². The van der Waals surface area contributed by atoms with Gasteiger partial charge in [-0.25, -0.2) is 14.4 Å². The van der Waals surface area contributed by atoms with Crippen molar-refractivity contribution in [2.75, 3.05) is 54.7 Å². The number of nitrogens with zero attached hydrogens (tertiary/aromatic N) is 7. The molecule has 0 spiro atoms. The molecule has 2 atom stereocenters. The standard InChI is InChI=1S/C40H45FN12O6/c1-24(41)20-45-38(57)27-22-46-53-34(42-2)19-32(48-36(27)53)47-28-9-7-17-52(40(28)59)33-14-11-26(21-44-33)37(56)43-16-6-5-8-25-10-12-29(31(18-25)50(3)23-54)51(4)30-13-15-35(55)49-39(30)58/h7,9-12,14,17-19,21-24,30,42H,5-6,8,13,15-16,20H2,1-4H3,(H,43,56)(H,45,57)(H,47,48)(H,49,55,58). The van der Waals surface area contributed by atoms with Crippen LogP contribution in [-0.4, -0.2) is 101 Å². The smallest absolute Gasteiger partial charge is 0.279 e. The lowest BCUT2D eigenvalue weighted by Crippen LogP contribution is -2.51. The number of anilines is 5. The lowest BCUT2D eigenvalue weighted by Gasteiger charge is -2.33. The third-order valence-corrected chi connectivity index (χ3v) is 9.80. The molecule has 4 aromatic heterocycles. The van der Waals surface area contributed by atoms with Crippen LogP contribution in [0.1, 0.15) is 58.9 Å². The summed E-state index contributed by atoms with van der Waals surface area (Å²) in [5, 5.41) is 18.0. The van der Waals surface area contributed by atoms with E-state index in [0.29, 0.717) is 55.0 Å². The van der Waals surface area contributed by atoms with Crippen LogP contribution in [0.3, 0.4) is 0 Å². The molecule has 1 aliphatic heterocycles. The lowest BCUT2D eigenvalue weighted by atomic mass is 10.0. The molecule has 1 aromatic carbocycles. The van der Waals surface area contributed by atoms with E-state index in [1.807, 2.05) is 18.2 Å². The van der Waals surface area contributed by atoms with E-state index in [2.05, 4.69) is 41.7 Å². The molecule has 0 bridgehead atoms. The third kappa shape index (κ3) is 9.52. The number of likely N-dealkylation sites (N-methyl/N-ethyl adjacent to an activating group) is 1. The van der Waals surface area contributed by atoms with Crippen molar-refractivity contribution >= 4 is 64.4 Å². The molecule has 0 radical (unpaired) electrons. The van der Waals surface area contributed by atoms with E-state index in [1.54, 1.807) is 62.6 Å². The third-order valence-electron chi connectivity index (χ3n) is 9.80. The Hall–Kier alpha value is -7.18. The van der Waals surface area contributed by atoms with Gasteiger partial charge in [0, 0.05) is 59.1 Å². The number of piperidine rings is 1. The number of hydrogen-bond donors (Lipinski definition) is 5. The normalized spacial score (nSPS) is 14.3. The summed E-state index contributed by atoms with van der Waals surface area (Å²) in [4.78, 5) is 87.2. The molecule has 1 fully saturated rings. The van der Waals surface area contributed by atoms with Crippen LogP contribution in [0.25, 0.3) is 11.5 Å². The summed E-state index contributed by atoms with van der Waals surface area (Å²) >= 11 is 0. The maximum absolute atomic E-state index is 13.6. The second kappa shape index (κ2) is 18.4. The highest BCUT2D eigenvalue weighted by Crippen LogP contribution is 2.32. The largest absolute Gasteiger partial charge is 0.373 e. The molecule has 1 saturated heterocycles. The van der Waals surface area contributed by atoms with Gasteiger partial charge in [-0.3, -0.25) is 38.7 Å². The first-order valence-electron chi connectivity index (χ1n) is 19.0. The van der Waals surface area contributed by atoms with Gasteiger partial charge in [-0.15, -0.1) is 0 Å². The minimum atomic E-state index is -1.24. The molecule has 19 heteroatoms. The fourth-order valence-corrected chi connectivity index (χ4v) is 6.60. The number of carbonyl (C=O) groups excluding carboxylic acids is 5. The van der Waals surface area contributed by atoms with E-state index < -0.39 is 23.7 Å². The molecular formula is C40H45FN12O6. The number of halogens is 1. The van der Waals surface area contributed by atoms with E-state index >= 15 is 0 Å². The molecule has 5 aromatic rings. The van der Waals surface area contributed by atoms with Crippen molar-refractivity contribution in [2.45, 2.75) is 51.2 Å². The fourth-order valence-electron chi connectivity index (χ4n) is 6.60. The average Bonchev–Trinajstić information content (AvgIpc) is 3.66. The first-order chi connectivity index (χ1) is 28.4. The van der Waals surface area contributed by atoms with Crippen molar-refractivity contribution < 1.29 is 28.4 Å². The molecule has 1 aliphatic rings. The number of rotatable bonds is 17. The van der Waals surface area contributed by atoms with Crippen LogP contribution >= 0.6 is 0 Å². The fraction of sp³-hybridized carbons (Fsp3) is 0.325. The van der Waals surface area contributed by atoms with Gasteiger partial charge in [-0.2, -0.15) is 9.61 Å². The number of hydrogen-bond acceptors (Lipinski definition) is 12. The van der Waals surface area contributed by atoms with E-state index in [1.165, 1.54) is 33.3 Å². The first-order valence-corrected chi connectivity index (χ1v) is 19.0. The summed E-state index contributed by atoms with van der Waals surface area (Å²) in [5.41, 5.74) is 2.65. The Labute approximate surface area is 338 Å². The summed E-state index contributed by atoms with van der Waals surface area (Å²) in [7, 11) is 5.07. The summed E-state index contributed by atoms with van der Waals surface area (Å²) in [6.45, 7) is 1.57. The number of amides is 5. The second-order valence-electron chi connectivity index (χ2n) is 14.0. The minimum Gasteiger partial charge on any atom is -0.373 e. The summed E-state index contributed by atoms with van der Waals surface area (Å²) in [6, 6.07) is 13.1. The van der Waals surface area contributed by atoms with Crippen LogP contribution in [0.5, 0.6) is 0 Å². The Morgan fingerprint density at radius 3 is 2.56 bits per heavy atom. The van der Waals surface area contributed by atoms with Crippen LogP contribution in [0, 0.1) is 0 Å². The van der Waals surface area contributed by atoms with Gasteiger partial charge in [0.15, 0.2) is 5.65 Å². The quantitative estimate of drug-likeness (QED) is 0.0521. The van der Waals surface area contributed by atoms with E-state index in [0.717, 1.165) is 12.0 Å². The maximum atomic E-state index is 13.6. The highest BCUT2D eigenvalue weighted by molar-refractivity contribution is 6.02. The van der Waals surface area contributed by atoms with Gasteiger partial charge >= 0.3 is 0 Å². The Morgan fingerprint density at radius 1 is 1.03 bits per heavy atom. The number of carbonyl (C=O) groups is 5. The molecule has 5 amide bonds. The molecule has 6 rings (SSSR count). The maximum Gasteiger partial charge on any atom is 0.279 e. The number of aromatic nitrogens is 5. The lowest BCUT2D eigenvalue weighted by molar-refractivity contribution is -0.134.